The first-order valence-corrected chi connectivity index (χ1v) is 8.36. The zero-order chi connectivity index (χ0) is 16.0. The minimum Gasteiger partial charge on any atom is -0.383 e. The third kappa shape index (κ3) is 4.42. The van der Waals surface area contributed by atoms with Crippen LogP contribution in [0, 0.1) is 0 Å². The molecule has 0 radical (unpaired) electrons. The maximum Gasteiger partial charge on any atom is 0.244 e. The van der Waals surface area contributed by atoms with Crippen molar-refractivity contribution < 1.29 is 13.2 Å². The molecule has 0 unspecified atom stereocenters. The Balaban J connectivity index is 3.29. The average Bonchev–Trinajstić information content (AvgIpc) is 2.43. The lowest BCUT2D eigenvalue weighted by atomic mass is 10.2. The van der Waals surface area contributed by atoms with Crippen LogP contribution < -0.4 is 5.73 Å². The highest BCUT2D eigenvalue weighted by molar-refractivity contribution is 7.89. The van der Waals surface area contributed by atoms with E-state index in [9.17, 15) is 8.42 Å². The topological polar surface area (TPSA) is 72.6 Å². The maximum absolute atomic E-state index is 12.7. The molecule has 0 amide bonds. The second kappa shape index (κ2) is 8.12. The Morgan fingerprint density at radius 2 is 2.05 bits per heavy atom. The van der Waals surface area contributed by atoms with Gasteiger partial charge in [-0.05, 0) is 17.7 Å². The molecule has 1 aromatic carbocycles. The molecular weight excluding hydrogens is 335 g/mol. The van der Waals surface area contributed by atoms with E-state index in [-0.39, 0.29) is 36.2 Å². The van der Waals surface area contributed by atoms with Gasteiger partial charge in [0, 0.05) is 31.8 Å². The van der Waals surface area contributed by atoms with Gasteiger partial charge in [0.15, 0.2) is 0 Å². The van der Waals surface area contributed by atoms with E-state index in [1.165, 1.54) is 29.6 Å². The molecule has 1 aromatic rings. The van der Waals surface area contributed by atoms with Crippen LogP contribution in [-0.2, 0) is 21.3 Å². The normalized spacial score (nSPS) is 11.9. The highest BCUT2D eigenvalue weighted by Gasteiger charge is 2.26. The number of ether oxygens (including phenoxy) is 1. The molecule has 0 aliphatic heterocycles. The summed E-state index contributed by atoms with van der Waals surface area (Å²) in [5, 5.41) is 0.400. The molecular formula is C13H18Cl2N2O3S. The largest absolute Gasteiger partial charge is 0.383 e. The summed E-state index contributed by atoms with van der Waals surface area (Å²) >= 11 is 12.0. The van der Waals surface area contributed by atoms with Gasteiger partial charge >= 0.3 is 0 Å². The van der Waals surface area contributed by atoms with Gasteiger partial charge in [-0.3, -0.25) is 0 Å². The fourth-order valence-corrected chi connectivity index (χ4v) is 3.96. The number of hydrogen-bond donors (Lipinski definition) is 1. The van der Waals surface area contributed by atoms with Crippen molar-refractivity contribution >= 4 is 33.2 Å². The highest BCUT2D eigenvalue weighted by atomic mass is 35.5. The molecule has 2 N–H and O–H groups in total. The number of benzene rings is 1. The van der Waals surface area contributed by atoms with Gasteiger partial charge in [-0.1, -0.05) is 29.3 Å². The summed E-state index contributed by atoms with van der Waals surface area (Å²) in [4.78, 5) is -0.0213. The van der Waals surface area contributed by atoms with Crippen LogP contribution in [0.2, 0.25) is 10.0 Å². The second-order valence-corrected chi connectivity index (χ2v) is 6.94. The van der Waals surface area contributed by atoms with Gasteiger partial charge < -0.3 is 10.5 Å². The van der Waals surface area contributed by atoms with E-state index in [0.29, 0.717) is 10.6 Å². The molecule has 0 saturated carbocycles. The molecule has 0 aliphatic carbocycles. The lowest BCUT2D eigenvalue weighted by Crippen LogP contribution is -2.34. The van der Waals surface area contributed by atoms with Gasteiger partial charge in [0.1, 0.15) is 4.90 Å². The average molecular weight is 353 g/mol. The van der Waals surface area contributed by atoms with E-state index >= 15 is 0 Å². The Bertz CT molecular complexity index is 606. The van der Waals surface area contributed by atoms with Gasteiger partial charge in [0.25, 0.3) is 0 Å². The van der Waals surface area contributed by atoms with Crippen LogP contribution in [0.3, 0.4) is 0 Å². The number of methoxy groups -OCH3 is 1. The van der Waals surface area contributed by atoms with Crippen LogP contribution >= 0.6 is 23.2 Å². The molecule has 0 saturated heterocycles. The molecule has 0 heterocycles. The third-order valence-corrected chi connectivity index (χ3v) is 5.50. The minimum atomic E-state index is -3.78. The van der Waals surface area contributed by atoms with Crippen LogP contribution in [0.1, 0.15) is 5.56 Å². The SMILES string of the molecule is C=CCN(CCOC)S(=O)(=O)c1cc(CN)c(Cl)cc1Cl. The summed E-state index contributed by atoms with van der Waals surface area (Å²) in [6.07, 6.45) is 1.50. The molecule has 0 bridgehead atoms. The first-order chi connectivity index (χ1) is 9.88. The fourth-order valence-electron chi connectivity index (χ4n) is 1.71. The second-order valence-electron chi connectivity index (χ2n) is 4.22. The van der Waals surface area contributed by atoms with Gasteiger partial charge in [-0.2, -0.15) is 4.31 Å². The monoisotopic (exact) mass is 352 g/mol. The quantitative estimate of drug-likeness (QED) is 0.728. The summed E-state index contributed by atoms with van der Waals surface area (Å²) in [6.45, 7) is 4.31. The number of hydrogen-bond acceptors (Lipinski definition) is 4. The number of nitrogens with zero attached hydrogens (tertiary/aromatic N) is 1. The molecule has 0 spiro atoms. The Hall–Kier alpha value is -0.630. The van der Waals surface area contributed by atoms with E-state index < -0.39 is 10.0 Å². The van der Waals surface area contributed by atoms with Gasteiger partial charge in [-0.25, -0.2) is 8.42 Å². The zero-order valence-corrected chi connectivity index (χ0v) is 14.0. The van der Waals surface area contributed by atoms with Crippen molar-refractivity contribution in [3.8, 4) is 0 Å². The molecule has 1 rings (SSSR count). The molecule has 0 fully saturated rings. The molecule has 118 valence electrons. The van der Waals surface area contributed by atoms with Gasteiger partial charge in [-0.15, -0.1) is 6.58 Å². The molecule has 0 aliphatic rings. The van der Waals surface area contributed by atoms with Crippen LogP contribution in [0.4, 0.5) is 0 Å². The van der Waals surface area contributed by atoms with Crippen molar-refractivity contribution in [2.75, 3.05) is 26.8 Å². The standard InChI is InChI=1S/C13H18Cl2N2O3S/c1-3-4-17(5-6-20-2)21(18,19)13-7-10(9-16)11(14)8-12(13)15/h3,7-8H,1,4-6,9,16H2,2H3. The van der Waals surface area contributed by atoms with Crippen molar-refractivity contribution in [3.05, 3.63) is 40.4 Å². The van der Waals surface area contributed by atoms with Crippen molar-refractivity contribution in [2.45, 2.75) is 11.4 Å². The predicted molar refractivity (Wildman–Crippen MR) is 85.2 cm³/mol. The van der Waals surface area contributed by atoms with Crippen molar-refractivity contribution in [3.63, 3.8) is 0 Å². The first kappa shape index (κ1) is 18.4. The van der Waals surface area contributed by atoms with Gasteiger partial charge in [0.05, 0.1) is 11.6 Å². The highest BCUT2D eigenvalue weighted by Crippen LogP contribution is 2.30. The predicted octanol–water partition coefficient (Wildman–Crippen LogP) is 2.28. The Morgan fingerprint density at radius 3 is 2.57 bits per heavy atom. The first-order valence-electron chi connectivity index (χ1n) is 6.16. The van der Waals surface area contributed by atoms with Crippen molar-refractivity contribution in [1.82, 2.24) is 4.31 Å². The van der Waals surface area contributed by atoms with Crippen LogP contribution in [-0.4, -0.2) is 39.5 Å². The Morgan fingerprint density at radius 1 is 1.38 bits per heavy atom. The van der Waals surface area contributed by atoms with E-state index in [2.05, 4.69) is 6.58 Å². The number of nitrogens with two attached hydrogens (primary N) is 1. The fraction of sp³-hybridized carbons (Fsp3) is 0.385. The van der Waals surface area contributed by atoms with Crippen molar-refractivity contribution in [2.24, 2.45) is 5.73 Å². The smallest absolute Gasteiger partial charge is 0.244 e. The van der Waals surface area contributed by atoms with Crippen LogP contribution in [0.15, 0.2) is 29.7 Å². The van der Waals surface area contributed by atoms with Crippen LogP contribution in [0.25, 0.3) is 0 Å². The lowest BCUT2D eigenvalue weighted by molar-refractivity contribution is 0.182. The maximum atomic E-state index is 12.7. The zero-order valence-electron chi connectivity index (χ0n) is 11.7. The van der Waals surface area contributed by atoms with E-state index in [1.807, 2.05) is 0 Å². The summed E-state index contributed by atoms with van der Waals surface area (Å²) < 4.78 is 31.5. The minimum absolute atomic E-state index is 0.0213. The molecule has 8 heteroatoms. The van der Waals surface area contributed by atoms with E-state index in [0.717, 1.165) is 0 Å². The lowest BCUT2D eigenvalue weighted by Gasteiger charge is -2.21. The van der Waals surface area contributed by atoms with E-state index in [1.54, 1.807) is 0 Å². The summed E-state index contributed by atoms with van der Waals surface area (Å²) in [7, 11) is -2.28. The van der Waals surface area contributed by atoms with Gasteiger partial charge in [0.2, 0.25) is 10.0 Å². The summed E-state index contributed by atoms with van der Waals surface area (Å²) in [5.74, 6) is 0. The number of rotatable bonds is 8. The van der Waals surface area contributed by atoms with E-state index in [4.69, 9.17) is 33.7 Å². The Labute approximate surface area is 135 Å². The van der Waals surface area contributed by atoms with Crippen LogP contribution in [0.5, 0.6) is 0 Å². The summed E-state index contributed by atoms with van der Waals surface area (Å²) in [6, 6.07) is 2.80. The summed E-state index contributed by atoms with van der Waals surface area (Å²) in [5.41, 5.74) is 6.07. The number of sulfonamides is 1. The Kier molecular flexibility index (Phi) is 7.12. The number of halogens is 2. The molecule has 0 aromatic heterocycles. The molecule has 21 heavy (non-hydrogen) atoms. The molecule has 5 nitrogen and oxygen atoms in total. The molecule has 0 atom stereocenters. The third-order valence-electron chi connectivity index (χ3n) is 2.82. The van der Waals surface area contributed by atoms with Crippen molar-refractivity contribution in [1.29, 1.82) is 0 Å².